The number of rotatable bonds is 3. The van der Waals surface area contributed by atoms with Crippen molar-refractivity contribution in [1.82, 2.24) is 0 Å². The molecule has 1 rings (SSSR count). The summed E-state index contributed by atoms with van der Waals surface area (Å²) in [6.45, 7) is 4.47. The summed E-state index contributed by atoms with van der Waals surface area (Å²) < 4.78 is 0.891. The zero-order valence-electron chi connectivity index (χ0n) is 9.17. The molecule has 82 valence electrons. The van der Waals surface area contributed by atoms with Gasteiger partial charge in [-0.2, -0.15) is 0 Å². The highest BCUT2D eigenvalue weighted by atomic mass is 79.9. The predicted octanol–water partition coefficient (Wildman–Crippen LogP) is 3.54. The second-order valence-corrected chi connectivity index (χ2v) is 4.59. The normalized spacial score (nSPS) is 22.8. The van der Waals surface area contributed by atoms with Crippen LogP contribution in [0, 0.1) is 0 Å². The van der Waals surface area contributed by atoms with Crippen LogP contribution in [0.15, 0.2) is 33.2 Å². The van der Waals surface area contributed by atoms with Gasteiger partial charge in [0.2, 0.25) is 0 Å². The Morgan fingerprint density at radius 2 is 2.20 bits per heavy atom. The fraction of sp³-hybridized carbons (Fsp3) is 0.500. The van der Waals surface area contributed by atoms with E-state index in [9.17, 15) is 0 Å². The molecule has 0 heterocycles. The van der Waals surface area contributed by atoms with Crippen molar-refractivity contribution in [1.29, 1.82) is 0 Å². The Labute approximate surface area is 100 Å². The summed E-state index contributed by atoms with van der Waals surface area (Å²) in [5.41, 5.74) is 2.57. The average molecular weight is 269 g/mol. The summed E-state index contributed by atoms with van der Waals surface area (Å²) in [7, 11) is 1.87. The van der Waals surface area contributed by atoms with Gasteiger partial charge in [-0.05, 0) is 19.3 Å². The van der Waals surface area contributed by atoms with Gasteiger partial charge in [-0.3, -0.25) is 9.98 Å². The topological polar surface area (TPSA) is 24.7 Å². The van der Waals surface area contributed by atoms with Gasteiger partial charge in [0.05, 0.1) is 6.54 Å². The molecule has 0 aromatic heterocycles. The summed E-state index contributed by atoms with van der Waals surface area (Å²) in [5, 5.41) is 0. The van der Waals surface area contributed by atoms with Gasteiger partial charge in [0, 0.05) is 29.4 Å². The van der Waals surface area contributed by atoms with Crippen LogP contribution in [0.4, 0.5) is 0 Å². The summed E-state index contributed by atoms with van der Waals surface area (Å²) in [4.78, 5) is 8.79. The Hall–Kier alpha value is -0.700. The molecular weight excluding hydrogens is 252 g/mol. The van der Waals surface area contributed by atoms with E-state index in [-0.39, 0.29) is 0 Å². The second-order valence-electron chi connectivity index (χ2n) is 3.58. The van der Waals surface area contributed by atoms with E-state index >= 15 is 0 Å². The molecule has 0 aliphatic heterocycles. The summed E-state index contributed by atoms with van der Waals surface area (Å²) in [6.07, 6.45) is 8.38. The molecule has 2 nitrogen and oxygen atoms in total. The Morgan fingerprint density at radius 3 is 2.87 bits per heavy atom. The Bertz CT molecular complexity index is 314. The van der Waals surface area contributed by atoms with E-state index in [0.29, 0.717) is 0 Å². The molecule has 0 unspecified atom stereocenters. The highest BCUT2D eigenvalue weighted by Crippen LogP contribution is 2.13. The molecule has 1 saturated carbocycles. The molecule has 0 amide bonds. The van der Waals surface area contributed by atoms with Crippen LogP contribution >= 0.6 is 15.9 Å². The third-order valence-corrected chi connectivity index (χ3v) is 2.64. The second kappa shape index (κ2) is 6.72. The van der Waals surface area contributed by atoms with Crippen LogP contribution in [0.1, 0.15) is 25.7 Å². The van der Waals surface area contributed by atoms with Crippen molar-refractivity contribution in [2.45, 2.75) is 25.7 Å². The molecule has 1 fully saturated rings. The molecule has 0 atom stereocenters. The number of aliphatic imine (C=N–C) groups is 2. The van der Waals surface area contributed by atoms with Crippen molar-refractivity contribution in [3.63, 3.8) is 0 Å². The third kappa shape index (κ3) is 5.07. The molecule has 0 aromatic rings. The van der Waals surface area contributed by atoms with Gasteiger partial charge in [-0.1, -0.05) is 34.7 Å². The molecule has 15 heavy (non-hydrogen) atoms. The lowest BCUT2D eigenvalue weighted by molar-refractivity contribution is 0.866. The molecule has 0 bridgehead atoms. The smallest absolute Gasteiger partial charge is 0.0573 e. The first-order chi connectivity index (χ1) is 7.22. The minimum absolute atomic E-state index is 0.747. The monoisotopic (exact) mass is 268 g/mol. The quantitative estimate of drug-likeness (QED) is 0.700. The molecule has 1 aliphatic carbocycles. The molecular formula is C12H17BrN2. The van der Waals surface area contributed by atoms with E-state index < -0.39 is 0 Å². The molecule has 0 spiro atoms. The number of hydrogen-bond donors (Lipinski definition) is 0. The van der Waals surface area contributed by atoms with Crippen molar-refractivity contribution in [3.05, 3.63) is 23.2 Å². The maximum Gasteiger partial charge on any atom is 0.0573 e. The first-order valence-corrected chi connectivity index (χ1v) is 5.99. The molecule has 0 N–H and O–H groups in total. The molecule has 0 saturated heterocycles. The molecule has 0 aromatic carbocycles. The van der Waals surface area contributed by atoms with Gasteiger partial charge in [-0.25, -0.2) is 0 Å². The fourth-order valence-corrected chi connectivity index (χ4v) is 1.78. The van der Waals surface area contributed by atoms with Crippen LogP contribution in [0.3, 0.4) is 0 Å². The van der Waals surface area contributed by atoms with Crippen molar-refractivity contribution >= 4 is 27.4 Å². The first kappa shape index (κ1) is 12.4. The van der Waals surface area contributed by atoms with Crippen molar-refractivity contribution in [2.24, 2.45) is 9.98 Å². The Balaban J connectivity index is 2.42. The highest BCUT2D eigenvalue weighted by molar-refractivity contribution is 9.11. The molecule has 0 radical (unpaired) electrons. The summed E-state index contributed by atoms with van der Waals surface area (Å²) in [6, 6.07) is 0. The number of hydrogen-bond acceptors (Lipinski definition) is 2. The van der Waals surface area contributed by atoms with Crippen LogP contribution in [0.25, 0.3) is 0 Å². The third-order valence-electron chi connectivity index (χ3n) is 2.37. The fourth-order valence-electron chi connectivity index (χ4n) is 1.60. The van der Waals surface area contributed by atoms with E-state index in [1.165, 1.54) is 17.8 Å². The van der Waals surface area contributed by atoms with E-state index in [2.05, 4.69) is 32.5 Å². The van der Waals surface area contributed by atoms with Crippen LogP contribution < -0.4 is 0 Å². The molecule has 1 aliphatic rings. The van der Waals surface area contributed by atoms with Gasteiger partial charge >= 0.3 is 0 Å². The van der Waals surface area contributed by atoms with Crippen LogP contribution in [0.2, 0.25) is 0 Å². The minimum atomic E-state index is 0.747. The lowest BCUT2D eigenvalue weighted by Crippen LogP contribution is -2.15. The van der Waals surface area contributed by atoms with Gasteiger partial charge in [0.15, 0.2) is 0 Å². The van der Waals surface area contributed by atoms with Crippen LogP contribution in [0.5, 0.6) is 0 Å². The lowest BCUT2D eigenvalue weighted by atomic mass is 9.96. The van der Waals surface area contributed by atoms with Gasteiger partial charge in [0.1, 0.15) is 0 Å². The van der Waals surface area contributed by atoms with E-state index in [1.807, 2.05) is 19.2 Å². The molecule has 3 heteroatoms. The maximum atomic E-state index is 4.54. The number of nitrogens with zero attached hydrogens (tertiary/aromatic N) is 2. The van der Waals surface area contributed by atoms with E-state index in [1.54, 1.807) is 0 Å². The standard InChI is InChI=1S/C12H17BrN2/c1-10(13)5-4-8-15-12-7-3-6-11(9-12)14-2/h4-5H,1,3,6-9H2,2H3. The van der Waals surface area contributed by atoms with E-state index in [0.717, 1.165) is 30.3 Å². The van der Waals surface area contributed by atoms with Gasteiger partial charge in [0.25, 0.3) is 0 Å². The van der Waals surface area contributed by atoms with Crippen LogP contribution in [-0.4, -0.2) is 25.0 Å². The van der Waals surface area contributed by atoms with Crippen LogP contribution in [-0.2, 0) is 0 Å². The first-order valence-electron chi connectivity index (χ1n) is 5.20. The highest BCUT2D eigenvalue weighted by Gasteiger charge is 2.11. The predicted molar refractivity (Wildman–Crippen MR) is 71.3 cm³/mol. The Kier molecular flexibility index (Phi) is 5.54. The average Bonchev–Trinajstić information content (AvgIpc) is 2.24. The largest absolute Gasteiger partial charge is 0.297 e. The van der Waals surface area contributed by atoms with Crippen molar-refractivity contribution in [3.8, 4) is 0 Å². The van der Waals surface area contributed by atoms with Gasteiger partial charge in [-0.15, -0.1) is 0 Å². The summed E-state index contributed by atoms with van der Waals surface area (Å²) in [5.74, 6) is 0. The van der Waals surface area contributed by atoms with Crippen molar-refractivity contribution < 1.29 is 0 Å². The zero-order chi connectivity index (χ0) is 11.1. The number of halogens is 1. The summed E-state index contributed by atoms with van der Waals surface area (Å²) >= 11 is 3.27. The SMILES string of the molecule is C=C(Br)C=CCN=C1CCCC(=NC)C1. The lowest BCUT2D eigenvalue weighted by Gasteiger charge is -2.14. The zero-order valence-corrected chi connectivity index (χ0v) is 10.8. The minimum Gasteiger partial charge on any atom is -0.297 e. The maximum absolute atomic E-state index is 4.54. The number of allylic oxidation sites excluding steroid dienone is 2. The van der Waals surface area contributed by atoms with E-state index in [4.69, 9.17) is 0 Å². The van der Waals surface area contributed by atoms with Gasteiger partial charge < -0.3 is 0 Å². The Morgan fingerprint density at radius 1 is 1.47 bits per heavy atom. The van der Waals surface area contributed by atoms with Crippen molar-refractivity contribution in [2.75, 3.05) is 13.6 Å².